The number of halogens is 3. The molecule has 3 aromatic rings. The molecular weight excluding hydrogens is 566 g/mol. The normalized spacial score (nSPS) is 17.0. The number of para-hydroxylation sites is 1. The molecule has 0 spiro atoms. The van der Waals surface area contributed by atoms with Crippen LogP contribution in [0, 0.1) is 12.7 Å². The van der Waals surface area contributed by atoms with E-state index < -0.39 is 17.7 Å². The summed E-state index contributed by atoms with van der Waals surface area (Å²) in [5.41, 5.74) is 3.46. The van der Waals surface area contributed by atoms with Crippen molar-refractivity contribution in [2.24, 2.45) is 0 Å². The van der Waals surface area contributed by atoms with Crippen LogP contribution in [0.5, 0.6) is 5.75 Å². The predicted octanol–water partition coefficient (Wildman–Crippen LogP) is 6.13. The summed E-state index contributed by atoms with van der Waals surface area (Å²) in [4.78, 5) is 29.2. The Morgan fingerprint density at radius 2 is 1.68 bits per heavy atom. The topological polar surface area (TPSA) is 67.9 Å². The standard InChI is InChI=1S/C32H30ClFN2O4.ClH/c1-20-13-14-24(34)28(31(20)33)30-27(32(38)40-16-15-39-23-11-7-4-8-12-23)21(2)35-25-18-36(19-26(37)29(25)30)17-22-9-5-3-6-10-22;/h3-14,30,35H,15-19H2,1-2H3;1H. The fraction of sp³-hybridized carbons (Fsp3) is 0.250. The number of carbonyl (C=O) groups is 2. The zero-order valence-electron chi connectivity index (χ0n) is 22.8. The van der Waals surface area contributed by atoms with Gasteiger partial charge >= 0.3 is 5.97 Å². The van der Waals surface area contributed by atoms with E-state index >= 15 is 4.39 Å². The van der Waals surface area contributed by atoms with Crippen molar-refractivity contribution >= 4 is 35.8 Å². The van der Waals surface area contributed by atoms with Gasteiger partial charge in [0.25, 0.3) is 0 Å². The van der Waals surface area contributed by atoms with Crippen molar-refractivity contribution in [1.29, 1.82) is 0 Å². The number of dihydropyridines is 1. The minimum absolute atomic E-state index is 0. The van der Waals surface area contributed by atoms with Crippen molar-refractivity contribution in [1.82, 2.24) is 10.2 Å². The second kappa shape index (κ2) is 13.3. The summed E-state index contributed by atoms with van der Waals surface area (Å²) in [6.07, 6.45) is 0. The van der Waals surface area contributed by atoms with E-state index in [0.29, 0.717) is 41.4 Å². The summed E-state index contributed by atoms with van der Waals surface area (Å²) in [6.45, 7) is 4.75. The highest BCUT2D eigenvalue weighted by atomic mass is 35.5. The van der Waals surface area contributed by atoms with Crippen molar-refractivity contribution in [3.05, 3.63) is 123 Å². The third kappa shape index (κ3) is 6.64. The lowest BCUT2D eigenvalue weighted by Crippen LogP contribution is -2.45. The Kier molecular flexibility index (Phi) is 9.86. The van der Waals surface area contributed by atoms with E-state index in [0.717, 1.165) is 5.56 Å². The van der Waals surface area contributed by atoms with Crippen LogP contribution < -0.4 is 10.1 Å². The van der Waals surface area contributed by atoms with Gasteiger partial charge in [0, 0.05) is 35.6 Å². The molecule has 0 amide bonds. The Hall–Kier alpha value is -3.65. The highest BCUT2D eigenvalue weighted by Gasteiger charge is 2.42. The van der Waals surface area contributed by atoms with Gasteiger partial charge in [-0.05, 0) is 43.2 Å². The van der Waals surface area contributed by atoms with E-state index in [4.69, 9.17) is 21.1 Å². The lowest BCUT2D eigenvalue weighted by Gasteiger charge is -2.38. The quantitative estimate of drug-likeness (QED) is 0.249. The summed E-state index contributed by atoms with van der Waals surface area (Å²) < 4.78 is 26.7. The molecular formula is C32H31Cl2FN2O4. The first-order valence-electron chi connectivity index (χ1n) is 13.1. The largest absolute Gasteiger partial charge is 0.490 e. The average molecular weight is 598 g/mol. The fourth-order valence-electron chi connectivity index (χ4n) is 5.26. The number of carbonyl (C=O) groups excluding carboxylic acids is 2. The van der Waals surface area contributed by atoms with Crippen molar-refractivity contribution in [3.63, 3.8) is 0 Å². The number of rotatable bonds is 8. The third-order valence-electron chi connectivity index (χ3n) is 7.10. The first-order valence-corrected chi connectivity index (χ1v) is 13.5. The molecule has 0 aromatic heterocycles. The van der Waals surface area contributed by atoms with E-state index in [1.807, 2.05) is 65.6 Å². The number of Topliss-reactive ketones (excluding diaryl/α,β-unsaturated/α-hetero) is 1. The van der Waals surface area contributed by atoms with Crippen LogP contribution in [0.2, 0.25) is 5.02 Å². The molecule has 2 aliphatic heterocycles. The highest BCUT2D eigenvalue weighted by molar-refractivity contribution is 6.32. The molecule has 0 bridgehead atoms. The van der Waals surface area contributed by atoms with E-state index in [1.165, 1.54) is 6.07 Å². The second-order valence-corrected chi connectivity index (χ2v) is 10.3. The van der Waals surface area contributed by atoms with Crippen LogP contribution in [-0.2, 0) is 20.9 Å². The minimum atomic E-state index is -1.00. The van der Waals surface area contributed by atoms with Crippen LogP contribution in [0.3, 0.4) is 0 Å². The predicted molar refractivity (Wildman–Crippen MR) is 159 cm³/mol. The van der Waals surface area contributed by atoms with Crippen molar-refractivity contribution in [3.8, 4) is 5.75 Å². The van der Waals surface area contributed by atoms with Crippen LogP contribution in [0.15, 0.2) is 95.3 Å². The Balaban J connectivity index is 0.00000387. The molecule has 214 valence electrons. The molecule has 1 N–H and O–H groups in total. The second-order valence-electron chi connectivity index (χ2n) is 9.93. The molecule has 0 fully saturated rings. The van der Waals surface area contributed by atoms with Gasteiger partial charge in [-0.1, -0.05) is 66.2 Å². The number of benzene rings is 3. The number of nitrogens with zero attached hydrogens (tertiary/aromatic N) is 1. The van der Waals surface area contributed by atoms with Crippen LogP contribution in [0.4, 0.5) is 4.39 Å². The number of nitrogens with one attached hydrogen (secondary N) is 1. The summed E-state index contributed by atoms with van der Waals surface area (Å²) in [5, 5.41) is 3.45. The van der Waals surface area contributed by atoms with Crippen LogP contribution in [0.1, 0.15) is 29.5 Å². The number of ketones is 1. The number of esters is 1. The number of hydrogen-bond donors (Lipinski definition) is 1. The molecule has 41 heavy (non-hydrogen) atoms. The van der Waals surface area contributed by atoms with E-state index in [-0.39, 0.29) is 54.1 Å². The van der Waals surface area contributed by atoms with Gasteiger partial charge in [0.1, 0.15) is 24.8 Å². The molecule has 1 atom stereocenters. The van der Waals surface area contributed by atoms with Crippen LogP contribution in [0.25, 0.3) is 0 Å². The Labute approximate surface area is 250 Å². The first-order chi connectivity index (χ1) is 19.3. The molecule has 6 nitrogen and oxygen atoms in total. The number of allylic oxidation sites excluding steroid dienone is 1. The van der Waals surface area contributed by atoms with Gasteiger partial charge < -0.3 is 14.8 Å². The molecule has 2 aliphatic rings. The van der Waals surface area contributed by atoms with Gasteiger partial charge in [0.05, 0.1) is 23.1 Å². The van der Waals surface area contributed by atoms with Gasteiger partial charge in [-0.15, -0.1) is 12.4 Å². The number of ether oxygens (including phenoxy) is 2. The van der Waals surface area contributed by atoms with Crippen molar-refractivity contribution in [2.75, 3.05) is 26.3 Å². The smallest absolute Gasteiger partial charge is 0.336 e. The third-order valence-corrected chi connectivity index (χ3v) is 7.60. The summed E-state index contributed by atoms with van der Waals surface area (Å²) >= 11 is 6.66. The molecule has 5 rings (SSSR count). The lowest BCUT2D eigenvalue weighted by atomic mass is 9.76. The zero-order valence-corrected chi connectivity index (χ0v) is 24.4. The maximum Gasteiger partial charge on any atom is 0.336 e. The minimum Gasteiger partial charge on any atom is -0.490 e. The Bertz CT molecular complexity index is 1490. The molecule has 9 heteroatoms. The molecule has 0 radical (unpaired) electrons. The van der Waals surface area contributed by atoms with Crippen LogP contribution >= 0.6 is 24.0 Å². The molecule has 0 saturated heterocycles. The summed E-state index contributed by atoms with van der Waals surface area (Å²) in [5.74, 6) is -1.79. The van der Waals surface area contributed by atoms with Gasteiger partial charge in [0.15, 0.2) is 5.78 Å². The van der Waals surface area contributed by atoms with E-state index in [2.05, 4.69) is 5.32 Å². The lowest BCUT2D eigenvalue weighted by molar-refractivity contribution is -0.140. The molecule has 3 aromatic carbocycles. The SMILES string of the molecule is CC1=C(C(=O)OCCOc2ccccc2)C(c2c(F)ccc(C)c2Cl)C2=C(CN(Cc3ccccc3)CC2=O)N1.Cl. The molecule has 2 heterocycles. The average Bonchev–Trinajstić information content (AvgIpc) is 2.94. The van der Waals surface area contributed by atoms with Crippen molar-refractivity contribution in [2.45, 2.75) is 26.3 Å². The molecule has 1 unspecified atom stereocenters. The first kappa shape index (κ1) is 30.3. The Morgan fingerprint density at radius 3 is 2.39 bits per heavy atom. The van der Waals surface area contributed by atoms with Gasteiger partial charge in [-0.3, -0.25) is 9.69 Å². The van der Waals surface area contributed by atoms with Crippen LogP contribution in [-0.4, -0.2) is 43.0 Å². The summed E-state index contributed by atoms with van der Waals surface area (Å²) in [7, 11) is 0. The summed E-state index contributed by atoms with van der Waals surface area (Å²) in [6, 6.07) is 22.0. The maximum absolute atomic E-state index is 15.5. The molecule has 0 saturated carbocycles. The van der Waals surface area contributed by atoms with E-state index in [1.54, 1.807) is 19.9 Å². The zero-order chi connectivity index (χ0) is 28.2. The van der Waals surface area contributed by atoms with Gasteiger partial charge in [-0.2, -0.15) is 0 Å². The number of hydrogen-bond acceptors (Lipinski definition) is 6. The molecule has 0 aliphatic carbocycles. The highest BCUT2D eigenvalue weighted by Crippen LogP contribution is 2.44. The number of aryl methyl sites for hydroxylation is 1. The maximum atomic E-state index is 15.5. The van der Waals surface area contributed by atoms with Crippen molar-refractivity contribution < 1.29 is 23.5 Å². The van der Waals surface area contributed by atoms with E-state index in [9.17, 15) is 9.59 Å². The van der Waals surface area contributed by atoms with Gasteiger partial charge in [-0.25, -0.2) is 9.18 Å². The fourth-order valence-corrected chi connectivity index (χ4v) is 5.52. The Morgan fingerprint density at radius 1 is 1.00 bits per heavy atom. The monoisotopic (exact) mass is 596 g/mol. The van der Waals surface area contributed by atoms with Gasteiger partial charge in [0.2, 0.25) is 0 Å².